The molecule has 2 heteroatoms. The van der Waals surface area contributed by atoms with Crippen molar-refractivity contribution in [2.75, 3.05) is 12.4 Å². The maximum Gasteiger partial charge on any atom is 0.124 e. The van der Waals surface area contributed by atoms with Crippen LogP contribution in [0.3, 0.4) is 0 Å². The van der Waals surface area contributed by atoms with Crippen molar-refractivity contribution in [1.29, 1.82) is 0 Å². The molecular weight excluding hydrogens is 258 g/mol. The minimum absolute atomic E-state index is 0.830. The van der Waals surface area contributed by atoms with Gasteiger partial charge in [-0.3, -0.25) is 0 Å². The fourth-order valence-corrected chi connectivity index (χ4v) is 3.11. The number of hydrogen-bond donors (Lipinski definition) is 1. The van der Waals surface area contributed by atoms with E-state index in [1.807, 2.05) is 0 Å². The predicted molar refractivity (Wildman–Crippen MR) is 90.4 cm³/mol. The van der Waals surface area contributed by atoms with Gasteiger partial charge in [-0.15, -0.1) is 0 Å². The molecule has 0 bridgehead atoms. The zero-order valence-electron chi connectivity index (χ0n) is 13.9. The van der Waals surface area contributed by atoms with E-state index < -0.39 is 0 Å². The number of aryl methyl sites for hydroxylation is 5. The second-order valence-corrected chi connectivity index (χ2v) is 5.89. The number of nitrogens with one attached hydrogen (secondary N) is 1. The number of benzene rings is 2. The molecule has 0 saturated carbocycles. The van der Waals surface area contributed by atoms with E-state index in [0.29, 0.717) is 0 Å². The van der Waals surface area contributed by atoms with E-state index in [1.54, 1.807) is 7.11 Å². The number of ether oxygens (including phenoxy) is 1. The SMILES string of the molecule is COc1c(C)cc(CNc2c(C)cc(C)cc2C)cc1C. The molecule has 0 saturated heterocycles. The number of methoxy groups -OCH3 is 1. The molecule has 0 spiro atoms. The van der Waals surface area contributed by atoms with Gasteiger partial charge >= 0.3 is 0 Å². The lowest BCUT2D eigenvalue weighted by Gasteiger charge is -2.16. The molecule has 112 valence electrons. The third-order valence-corrected chi connectivity index (χ3v) is 3.87. The lowest BCUT2D eigenvalue weighted by atomic mass is 10.0. The molecule has 2 aromatic carbocycles. The van der Waals surface area contributed by atoms with Gasteiger partial charge in [0.1, 0.15) is 5.75 Å². The van der Waals surface area contributed by atoms with Gasteiger partial charge in [-0.05, 0) is 62.4 Å². The predicted octanol–water partition coefficient (Wildman–Crippen LogP) is 4.85. The molecule has 0 aliphatic heterocycles. The molecule has 1 N–H and O–H groups in total. The van der Waals surface area contributed by atoms with Crippen molar-refractivity contribution in [3.63, 3.8) is 0 Å². The first kappa shape index (κ1) is 15.4. The Kier molecular flexibility index (Phi) is 4.56. The van der Waals surface area contributed by atoms with Gasteiger partial charge in [-0.2, -0.15) is 0 Å². The minimum Gasteiger partial charge on any atom is -0.496 e. The molecule has 0 atom stereocenters. The maximum atomic E-state index is 5.42. The Balaban J connectivity index is 2.21. The van der Waals surface area contributed by atoms with Gasteiger partial charge < -0.3 is 10.1 Å². The average Bonchev–Trinajstić information content (AvgIpc) is 2.37. The standard InChI is InChI=1S/C19H25NO/c1-12-7-13(2)18(14(3)8-12)20-11-17-9-15(4)19(21-6)16(5)10-17/h7-10,20H,11H2,1-6H3. The Hall–Kier alpha value is -1.96. The first-order valence-electron chi connectivity index (χ1n) is 7.38. The summed E-state index contributed by atoms with van der Waals surface area (Å²) in [5, 5.41) is 3.58. The van der Waals surface area contributed by atoms with Crippen molar-refractivity contribution in [3.05, 3.63) is 57.6 Å². The molecule has 0 unspecified atom stereocenters. The van der Waals surface area contributed by atoms with Gasteiger partial charge in [-0.25, -0.2) is 0 Å². The van der Waals surface area contributed by atoms with Crippen molar-refractivity contribution < 1.29 is 4.74 Å². The molecular formula is C19H25NO. The van der Waals surface area contributed by atoms with E-state index in [0.717, 1.165) is 12.3 Å². The van der Waals surface area contributed by atoms with Crippen LogP contribution in [-0.2, 0) is 6.54 Å². The first-order valence-corrected chi connectivity index (χ1v) is 7.38. The Morgan fingerprint density at radius 3 is 1.81 bits per heavy atom. The summed E-state index contributed by atoms with van der Waals surface area (Å²) in [6.07, 6.45) is 0. The zero-order valence-corrected chi connectivity index (χ0v) is 13.9. The van der Waals surface area contributed by atoms with Gasteiger partial charge in [0.15, 0.2) is 0 Å². The second-order valence-electron chi connectivity index (χ2n) is 5.89. The molecule has 0 fully saturated rings. The van der Waals surface area contributed by atoms with Crippen molar-refractivity contribution in [3.8, 4) is 5.75 Å². The molecule has 0 amide bonds. The van der Waals surface area contributed by atoms with Crippen LogP contribution in [0.5, 0.6) is 5.75 Å². The lowest BCUT2D eigenvalue weighted by molar-refractivity contribution is 0.408. The van der Waals surface area contributed by atoms with E-state index in [2.05, 4.69) is 64.2 Å². The molecule has 0 aromatic heterocycles. The van der Waals surface area contributed by atoms with Crippen molar-refractivity contribution in [2.24, 2.45) is 0 Å². The number of rotatable bonds is 4. The maximum absolute atomic E-state index is 5.42. The highest BCUT2D eigenvalue weighted by Crippen LogP contribution is 2.26. The Bertz CT molecular complexity index is 613. The molecule has 2 aromatic rings. The molecule has 0 aliphatic rings. The van der Waals surface area contributed by atoms with Gasteiger partial charge in [0.05, 0.1) is 7.11 Å². The van der Waals surface area contributed by atoms with Crippen LogP contribution in [0.1, 0.15) is 33.4 Å². The summed E-state index contributed by atoms with van der Waals surface area (Å²) in [5.41, 5.74) is 8.81. The highest BCUT2D eigenvalue weighted by Gasteiger charge is 2.07. The first-order chi connectivity index (χ1) is 9.92. The summed E-state index contributed by atoms with van der Waals surface area (Å²) in [6, 6.07) is 8.83. The zero-order chi connectivity index (χ0) is 15.6. The van der Waals surface area contributed by atoms with Crippen molar-refractivity contribution in [1.82, 2.24) is 0 Å². The van der Waals surface area contributed by atoms with E-state index in [1.165, 1.54) is 39.1 Å². The fraction of sp³-hybridized carbons (Fsp3) is 0.368. The van der Waals surface area contributed by atoms with Gasteiger partial charge in [0, 0.05) is 12.2 Å². The highest BCUT2D eigenvalue weighted by atomic mass is 16.5. The van der Waals surface area contributed by atoms with E-state index in [-0.39, 0.29) is 0 Å². The molecule has 0 aliphatic carbocycles. The number of anilines is 1. The van der Waals surface area contributed by atoms with Gasteiger partial charge in [0.2, 0.25) is 0 Å². The van der Waals surface area contributed by atoms with Crippen LogP contribution in [0, 0.1) is 34.6 Å². The third-order valence-electron chi connectivity index (χ3n) is 3.87. The van der Waals surface area contributed by atoms with Crippen molar-refractivity contribution in [2.45, 2.75) is 41.2 Å². The third kappa shape index (κ3) is 3.38. The van der Waals surface area contributed by atoms with Crippen LogP contribution in [0.2, 0.25) is 0 Å². The molecule has 0 radical (unpaired) electrons. The van der Waals surface area contributed by atoms with E-state index >= 15 is 0 Å². The van der Waals surface area contributed by atoms with Crippen LogP contribution in [0.25, 0.3) is 0 Å². The Labute approximate surface area is 128 Å². The molecule has 0 heterocycles. The summed E-state index contributed by atoms with van der Waals surface area (Å²) in [7, 11) is 1.73. The normalized spacial score (nSPS) is 10.6. The largest absolute Gasteiger partial charge is 0.496 e. The number of hydrogen-bond acceptors (Lipinski definition) is 2. The average molecular weight is 283 g/mol. The molecule has 21 heavy (non-hydrogen) atoms. The van der Waals surface area contributed by atoms with E-state index in [4.69, 9.17) is 4.74 Å². The lowest BCUT2D eigenvalue weighted by Crippen LogP contribution is -2.04. The second kappa shape index (κ2) is 6.21. The summed E-state index contributed by atoms with van der Waals surface area (Å²) >= 11 is 0. The van der Waals surface area contributed by atoms with Crippen LogP contribution >= 0.6 is 0 Å². The van der Waals surface area contributed by atoms with Crippen molar-refractivity contribution >= 4 is 5.69 Å². The molecule has 2 rings (SSSR count). The highest BCUT2D eigenvalue weighted by molar-refractivity contribution is 5.58. The summed E-state index contributed by atoms with van der Waals surface area (Å²) in [5.74, 6) is 0.987. The van der Waals surface area contributed by atoms with Crippen LogP contribution < -0.4 is 10.1 Å². The quantitative estimate of drug-likeness (QED) is 0.866. The summed E-state index contributed by atoms with van der Waals surface area (Å²) < 4.78 is 5.42. The monoisotopic (exact) mass is 283 g/mol. The Morgan fingerprint density at radius 2 is 1.33 bits per heavy atom. The molecule has 2 nitrogen and oxygen atoms in total. The van der Waals surface area contributed by atoms with Gasteiger partial charge in [0.25, 0.3) is 0 Å². The summed E-state index contributed by atoms with van der Waals surface area (Å²) in [6.45, 7) is 11.5. The Morgan fingerprint density at radius 1 is 0.810 bits per heavy atom. The smallest absolute Gasteiger partial charge is 0.124 e. The van der Waals surface area contributed by atoms with Crippen LogP contribution in [0.4, 0.5) is 5.69 Å². The van der Waals surface area contributed by atoms with Crippen LogP contribution in [0.15, 0.2) is 24.3 Å². The van der Waals surface area contributed by atoms with Crippen LogP contribution in [-0.4, -0.2) is 7.11 Å². The van der Waals surface area contributed by atoms with Gasteiger partial charge in [-0.1, -0.05) is 29.8 Å². The summed E-state index contributed by atoms with van der Waals surface area (Å²) in [4.78, 5) is 0. The topological polar surface area (TPSA) is 21.3 Å². The minimum atomic E-state index is 0.830. The fourth-order valence-electron chi connectivity index (χ4n) is 3.11. The van der Waals surface area contributed by atoms with E-state index in [9.17, 15) is 0 Å².